The Balaban J connectivity index is 1.10. The Labute approximate surface area is 270 Å². The van der Waals surface area contributed by atoms with E-state index in [0.29, 0.717) is 47.3 Å². The second kappa shape index (κ2) is 12.4. The summed E-state index contributed by atoms with van der Waals surface area (Å²) in [6.07, 6.45) is 2.07. The lowest BCUT2D eigenvalue weighted by atomic mass is 9.77. The zero-order chi connectivity index (χ0) is 30.3. The molecule has 226 valence electrons. The normalized spacial score (nSPS) is 25.1. The minimum Gasteiger partial charge on any atom is -0.444 e. The quantitative estimate of drug-likeness (QED) is 0.126. The number of aliphatic hydroxyl groups excluding tert-OH is 1. The number of epoxide rings is 1. The van der Waals surface area contributed by atoms with Gasteiger partial charge in [0.25, 0.3) is 0 Å². The third kappa shape index (κ3) is 6.42. The van der Waals surface area contributed by atoms with E-state index in [-0.39, 0.29) is 42.3 Å². The molecule has 2 amide bonds. The lowest BCUT2D eigenvalue weighted by Crippen LogP contribution is -2.56. The fourth-order valence-electron chi connectivity index (χ4n) is 6.56. The highest BCUT2D eigenvalue weighted by Gasteiger charge is 2.70. The van der Waals surface area contributed by atoms with Crippen LogP contribution < -0.4 is 10.6 Å². The number of amides is 2. The maximum atomic E-state index is 13.3. The molecular weight excluding hydrogens is 681 g/mol. The number of morpholine rings is 1. The number of piperidine rings is 1. The maximum absolute atomic E-state index is 13.3. The summed E-state index contributed by atoms with van der Waals surface area (Å²) in [6.45, 7) is 4.33. The summed E-state index contributed by atoms with van der Waals surface area (Å²) in [5, 5.41) is 15.5. The number of benzene rings is 3. The van der Waals surface area contributed by atoms with E-state index >= 15 is 0 Å². The highest BCUT2D eigenvalue weighted by molar-refractivity contribution is 14.1. The third-order valence-corrected chi connectivity index (χ3v) is 10.2. The lowest BCUT2D eigenvalue weighted by molar-refractivity contribution is -0.116. The number of hydrogen-bond acceptors (Lipinski definition) is 6. The van der Waals surface area contributed by atoms with E-state index in [0.717, 1.165) is 23.1 Å². The van der Waals surface area contributed by atoms with Gasteiger partial charge in [0, 0.05) is 34.8 Å². The summed E-state index contributed by atoms with van der Waals surface area (Å²) in [5.41, 5.74) is 4.78. The van der Waals surface area contributed by atoms with Crippen molar-refractivity contribution in [1.29, 1.82) is 0 Å². The average Bonchev–Trinajstić information content (AvgIpc) is 3.68. The van der Waals surface area contributed by atoms with Gasteiger partial charge in [-0.1, -0.05) is 67.9 Å². The third-order valence-electron chi connectivity index (χ3n) is 8.69. The Morgan fingerprint density at radius 3 is 2.53 bits per heavy atom. The fraction of sp³-hybridized carbons (Fsp3) is 0.394. The minimum atomic E-state index is -0.472. The minimum absolute atomic E-state index is 0.0247. The number of carbonyl (C=O) groups excluding carboxylic acids is 2. The van der Waals surface area contributed by atoms with Crippen LogP contribution in [0.5, 0.6) is 0 Å². The molecule has 6 rings (SSSR count). The van der Waals surface area contributed by atoms with E-state index in [4.69, 9.17) is 21.1 Å². The second-order valence-corrected chi connectivity index (χ2v) is 13.7. The summed E-state index contributed by atoms with van der Waals surface area (Å²) in [6, 6.07) is 21.3. The van der Waals surface area contributed by atoms with Gasteiger partial charge in [0.05, 0.1) is 35.1 Å². The van der Waals surface area contributed by atoms with Crippen LogP contribution in [0.1, 0.15) is 44.2 Å². The molecule has 5 atom stereocenters. The molecule has 2 bridgehead atoms. The number of aliphatic hydroxyl groups is 1. The monoisotopic (exact) mass is 715 g/mol. The molecule has 3 aromatic rings. The predicted molar refractivity (Wildman–Crippen MR) is 175 cm³/mol. The van der Waals surface area contributed by atoms with E-state index in [2.05, 4.69) is 56.5 Å². The van der Waals surface area contributed by atoms with E-state index in [1.165, 1.54) is 0 Å². The van der Waals surface area contributed by atoms with Crippen molar-refractivity contribution in [2.45, 2.75) is 76.5 Å². The topological polar surface area (TPSA) is 103 Å². The number of rotatable bonds is 9. The molecule has 10 heteroatoms. The van der Waals surface area contributed by atoms with Gasteiger partial charge in [0.2, 0.25) is 5.91 Å². The van der Waals surface area contributed by atoms with Gasteiger partial charge >= 0.3 is 6.09 Å². The molecule has 3 aromatic carbocycles. The molecule has 3 saturated heterocycles. The average molecular weight is 716 g/mol. The summed E-state index contributed by atoms with van der Waals surface area (Å²) in [7, 11) is 0. The number of carbonyl (C=O) groups is 2. The van der Waals surface area contributed by atoms with E-state index in [1.54, 1.807) is 18.2 Å². The van der Waals surface area contributed by atoms with Gasteiger partial charge in [-0.15, -0.1) is 0 Å². The Hall–Kier alpha value is -2.70. The lowest BCUT2D eigenvalue weighted by Gasteiger charge is -2.46. The van der Waals surface area contributed by atoms with E-state index in [1.807, 2.05) is 42.5 Å². The van der Waals surface area contributed by atoms with Crippen molar-refractivity contribution in [1.82, 2.24) is 3.11 Å². The molecule has 0 radical (unpaired) electrons. The molecular formula is C33H35ClIN3O5. The van der Waals surface area contributed by atoms with Crippen LogP contribution in [0.15, 0.2) is 66.7 Å². The second-order valence-electron chi connectivity index (χ2n) is 12.2. The molecule has 3 heterocycles. The molecule has 0 saturated carbocycles. The molecule has 0 aromatic heterocycles. The van der Waals surface area contributed by atoms with E-state index in [9.17, 15) is 14.7 Å². The van der Waals surface area contributed by atoms with Crippen LogP contribution >= 0.6 is 34.5 Å². The summed E-state index contributed by atoms with van der Waals surface area (Å²) < 4.78 is 14.3. The predicted octanol–water partition coefficient (Wildman–Crippen LogP) is 6.98. The van der Waals surface area contributed by atoms with Gasteiger partial charge in [-0.05, 0) is 65.6 Å². The van der Waals surface area contributed by atoms with Gasteiger partial charge in [-0.25, -0.2) is 7.91 Å². The van der Waals surface area contributed by atoms with E-state index < -0.39 is 6.09 Å². The first-order chi connectivity index (χ1) is 20.6. The Morgan fingerprint density at radius 2 is 1.79 bits per heavy atom. The molecule has 3 N–H and O–H groups in total. The largest absolute Gasteiger partial charge is 0.444 e. The number of nitrogens with zero attached hydrogens (tertiary/aromatic N) is 1. The van der Waals surface area contributed by atoms with Gasteiger partial charge in [0.1, 0.15) is 18.3 Å². The fourth-order valence-corrected chi connectivity index (χ4v) is 8.56. The molecule has 3 aliphatic rings. The van der Waals surface area contributed by atoms with Crippen LogP contribution in [0.3, 0.4) is 0 Å². The van der Waals surface area contributed by atoms with Crippen molar-refractivity contribution in [2.75, 3.05) is 10.6 Å². The van der Waals surface area contributed by atoms with Crippen molar-refractivity contribution >= 4 is 57.8 Å². The molecule has 5 unspecified atom stereocenters. The summed E-state index contributed by atoms with van der Waals surface area (Å²) >= 11 is 8.60. The highest BCUT2D eigenvalue weighted by Crippen LogP contribution is 2.57. The standard InChI is InChI=1S/C33H35ClIN3O5/c1-33(2)17-26(28-29-30(43-29)31(33)38(28)35)42-32(41)37-24-13-11-19(15-22(24)21-8-4-3-5-9-21)7-6-10-27(40)36-25-14-12-20(18-39)16-23(25)34/h3-5,8-9,11-16,26,28-31,39H,6-7,10,17-18H2,1-2H3,(H,36,40)(H,37,41). The van der Waals surface area contributed by atoms with Crippen LogP contribution in [0.25, 0.3) is 11.1 Å². The first kappa shape index (κ1) is 30.3. The van der Waals surface area contributed by atoms with Gasteiger partial charge in [0.15, 0.2) is 0 Å². The molecule has 43 heavy (non-hydrogen) atoms. The highest BCUT2D eigenvalue weighted by atomic mass is 127. The number of anilines is 2. The Morgan fingerprint density at radius 1 is 1.05 bits per heavy atom. The molecule has 0 spiro atoms. The molecule has 8 nitrogen and oxygen atoms in total. The molecule has 3 fully saturated rings. The van der Waals surface area contributed by atoms with Crippen LogP contribution in [-0.4, -0.2) is 50.6 Å². The number of fused-ring (bicyclic) bond motifs is 5. The van der Waals surface area contributed by atoms with Crippen LogP contribution in [0.4, 0.5) is 16.2 Å². The molecule has 0 aliphatic carbocycles. The van der Waals surface area contributed by atoms with Gasteiger partial charge < -0.3 is 19.9 Å². The SMILES string of the molecule is CC1(C)CC(OC(=O)Nc2ccc(CCCC(=O)Nc3ccc(CO)cc3Cl)cc2-c2ccccc2)C2C3OC3C1N2I. The Kier molecular flexibility index (Phi) is 8.72. The maximum Gasteiger partial charge on any atom is 0.411 e. The first-order valence-corrected chi connectivity index (χ1v) is 15.9. The van der Waals surface area contributed by atoms with Crippen molar-refractivity contribution in [3.8, 4) is 11.1 Å². The summed E-state index contributed by atoms with van der Waals surface area (Å²) in [4.78, 5) is 25.8. The zero-order valence-electron chi connectivity index (χ0n) is 24.1. The number of halogens is 2. The van der Waals surface area contributed by atoms with Gasteiger partial charge in [-0.2, -0.15) is 0 Å². The Bertz CT molecular complexity index is 1520. The van der Waals surface area contributed by atoms with Crippen LogP contribution in [-0.2, 0) is 27.3 Å². The van der Waals surface area contributed by atoms with Crippen molar-refractivity contribution in [3.05, 3.63) is 82.9 Å². The van der Waals surface area contributed by atoms with Crippen molar-refractivity contribution in [2.24, 2.45) is 5.41 Å². The number of nitrogens with one attached hydrogen (secondary N) is 2. The number of ether oxygens (including phenoxy) is 2. The first-order valence-electron chi connectivity index (χ1n) is 14.6. The molecule has 3 aliphatic heterocycles. The van der Waals surface area contributed by atoms with Crippen molar-refractivity contribution < 1.29 is 24.2 Å². The zero-order valence-corrected chi connectivity index (χ0v) is 27.0. The van der Waals surface area contributed by atoms with Gasteiger partial charge in [-0.3, -0.25) is 10.1 Å². The smallest absolute Gasteiger partial charge is 0.411 e. The summed E-state index contributed by atoms with van der Waals surface area (Å²) in [5.74, 6) is -0.129. The number of aryl methyl sites for hydroxylation is 1. The number of hydrogen-bond donors (Lipinski definition) is 3. The van der Waals surface area contributed by atoms with Crippen molar-refractivity contribution in [3.63, 3.8) is 0 Å². The van der Waals surface area contributed by atoms with Crippen LogP contribution in [0.2, 0.25) is 5.02 Å². The van der Waals surface area contributed by atoms with Crippen LogP contribution in [0, 0.1) is 5.41 Å².